The fraction of sp³-hybridized carbons (Fsp3) is 0.250. The van der Waals surface area contributed by atoms with Gasteiger partial charge in [-0.25, -0.2) is 0 Å². The van der Waals surface area contributed by atoms with Crippen molar-refractivity contribution in [2.75, 3.05) is 0 Å². The van der Waals surface area contributed by atoms with Gasteiger partial charge in [-0.1, -0.05) is 6.07 Å². The van der Waals surface area contributed by atoms with Crippen molar-refractivity contribution < 1.29 is 18.3 Å². The molecule has 1 aromatic carbocycles. The third-order valence-corrected chi connectivity index (χ3v) is 1.91. The maximum Gasteiger partial charge on any atom is 0.416 e. The predicted octanol–water partition coefficient (Wildman–Crippen LogP) is 2.84. The molecule has 1 nitrogen and oxygen atoms in total. The normalized spacial score (nSPS) is 11.7. The molecular formula is C8H7F3OS. The van der Waals surface area contributed by atoms with Gasteiger partial charge in [-0.15, -0.1) is 0 Å². The van der Waals surface area contributed by atoms with Crippen LogP contribution in [0.1, 0.15) is 11.1 Å². The van der Waals surface area contributed by atoms with E-state index in [0.29, 0.717) is 6.07 Å². The van der Waals surface area contributed by atoms with E-state index in [-0.39, 0.29) is 11.3 Å². The monoisotopic (exact) mass is 208 g/mol. The number of halogens is 3. The van der Waals surface area contributed by atoms with Gasteiger partial charge >= 0.3 is 6.18 Å². The van der Waals surface area contributed by atoms with Crippen LogP contribution >= 0.6 is 12.6 Å². The smallest absolute Gasteiger partial charge is 0.416 e. The van der Waals surface area contributed by atoms with Gasteiger partial charge in [-0.05, 0) is 17.7 Å². The first-order valence-corrected chi connectivity index (χ1v) is 4.08. The van der Waals surface area contributed by atoms with E-state index in [0.717, 1.165) is 0 Å². The fourth-order valence-electron chi connectivity index (χ4n) is 0.966. The van der Waals surface area contributed by atoms with Gasteiger partial charge in [0.15, 0.2) is 0 Å². The van der Waals surface area contributed by atoms with Gasteiger partial charge < -0.3 is 5.11 Å². The Morgan fingerprint density at radius 3 is 2.38 bits per heavy atom. The van der Waals surface area contributed by atoms with Crippen molar-refractivity contribution in [3.8, 4) is 5.75 Å². The lowest BCUT2D eigenvalue weighted by Crippen LogP contribution is -2.08. The Hall–Kier alpha value is -0.840. The molecule has 0 fully saturated rings. The molecule has 0 spiro atoms. The predicted molar refractivity (Wildman–Crippen MR) is 45.8 cm³/mol. The molecule has 0 unspecified atom stereocenters. The summed E-state index contributed by atoms with van der Waals surface area (Å²) in [6.45, 7) is 0. The summed E-state index contributed by atoms with van der Waals surface area (Å²) >= 11 is 3.76. The summed E-state index contributed by atoms with van der Waals surface area (Å²) in [7, 11) is 0. The molecular weight excluding hydrogens is 201 g/mol. The molecule has 1 N–H and O–H groups in total. The van der Waals surface area contributed by atoms with Crippen LogP contribution in [0.25, 0.3) is 0 Å². The number of phenolic OH excluding ortho intramolecular Hbond substituents is 1. The summed E-state index contributed by atoms with van der Waals surface area (Å²) in [5, 5.41) is 8.87. The van der Waals surface area contributed by atoms with Crippen LogP contribution in [0.4, 0.5) is 13.2 Å². The first-order chi connectivity index (χ1) is 5.95. The van der Waals surface area contributed by atoms with E-state index < -0.39 is 17.5 Å². The number of alkyl halides is 3. The summed E-state index contributed by atoms with van der Waals surface area (Å²) in [6, 6.07) is 3.12. The zero-order valence-corrected chi connectivity index (χ0v) is 7.36. The van der Waals surface area contributed by atoms with Gasteiger partial charge in [-0.2, -0.15) is 25.8 Å². The lowest BCUT2D eigenvalue weighted by atomic mass is 10.1. The largest absolute Gasteiger partial charge is 0.508 e. The van der Waals surface area contributed by atoms with Crippen LogP contribution in [0.5, 0.6) is 5.75 Å². The summed E-state index contributed by atoms with van der Waals surface area (Å²) in [4.78, 5) is 0. The molecule has 0 bridgehead atoms. The number of rotatable bonds is 1. The zero-order valence-electron chi connectivity index (χ0n) is 6.47. The number of thiol groups is 1. The molecule has 0 saturated carbocycles. The second-order valence-corrected chi connectivity index (χ2v) is 2.81. The quantitative estimate of drug-likeness (QED) is 0.680. The van der Waals surface area contributed by atoms with Crippen LogP contribution < -0.4 is 0 Å². The highest BCUT2D eigenvalue weighted by molar-refractivity contribution is 7.79. The molecule has 0 aliphatic carbocycles. The Morgan fingerprint density at radius 1 is 1.31 bits per heavy atom. The van der Waals surface area contributed by atoms with Crippen LogP contribution in [0.2, 0.25) is 0 Å². The first kappa shape index (κ1) is 10.2. The molecule has 0 atom stereocenters. The average Bonchev–Trinajstić information content (AvgIpc) is 2.03. The maximum atomic E-state index is 12.3. The van der Waals surface area contributed by atoms with Crippen LogP contribution in [0.15, 0.2) is 18.2 Å². The third kappa shape index (κ3) is 2.30. The average molecular weight is 208 g/mol. The van der Waals surface area contributed by atoms with Crippen molar-refractivity contribution in [2.45, 2.75) is 11.9 Å². The summed E-state index contributed by atoms with van der Waals surface area (Å²) in [5.41, 5.74) is -0.767. The molecule has 0 saturated heterocycles. The molecule has 1 aromatic rings. The molecule has 0 aliphatic heterocycles. The molecule has 1 rings (SSSR count). The summed E-state index contributed by atoms with van der Waals surface area (Å²) in [5.74, 6) is -0.396. The minimum absolute atomic E-state index is 0.00484. The minimum Gasteiger partial charge on any atom is -0.508 e. The minimum atomic E-state index is -4.43. The van der Waals surface area contributed by atoms with E-state index in [4.69, 9.17) is 5.11 Å². The molecule has 0 aliphatic rings. The van der Waals surface area contributed by atoms with Gasteiger partial charge in [0, 0.05) is 5.75 Å². The van der Waals surface area contributed by atoms with E-state index in [1.807, 2.05) is 0 Å². The Kier molecular flexibility index (Phi) is 2.75. The van der Waals surface area contributed by atoms with Gasteiger partial charge in [0.1, 0.15) is 5.75 Å². The SMILES string of the molecule is Oc1ccc(CS)c(C(F)(F)F)c1. The Balaban J connectivity index is 3.24. The molecule has 0 radical (unpaired) electrons. The van der Waals surface area contributed by atoms with E-state index >= 15 is 0 Å². The van der Waals surface area contributed by atoms with Crippen molar-refractivity contribution in [1.29, 1.82) is 0 Å². The van der Waals surface area contributed by atoms with E-state index in [2.05, 4.69) is 12.6 Å². The standard InChI is InChI=1S/C8H7F3OS/c9-8(10,11)7-3-6(12)2-1-5(7)4-13/h1-3,12-13H,4H2. The summed E-state index contributed by atoms with van der Waals surface area (Å²) < 4.78 is 36.8. The lowest BCUT2D eigenvalue weighted by molar-refractivity contribution is -0.138. The fourth-order valence-corrected chi connectivity index (χ4v) is 1.24. The van der Waals surface area contributed by atoms with Crippen molar-refractivity contribution in [1.82, 2.24) is 0 Å². The second kappa shape index (κ2) is 3.49. The zero-order chi connectivity index (χ0) is 10.1. The number of phenols is 1. The number of aromatic hydroxyl groups is 1. The van der Waals surface area contributed by atoms with Crippen molar-refractivity contribution in [3.63, 3.8) is 0 Å². The molecule has 72 valence electrons. The van der Waals surface area contributed by atoms with E-state index in [9.17, 15) is 13.2 Å². The number of hydrogen-bond acceptors (Lipinski definition) is 2. The van der Waals surface area contributed by atoms with Gasteiger partial charge in [0.25, 0.3) is 0 Å². The molecule has 13 heavy (non-hydrogen) atoms. The van der Waals surface area contributed by atoms with Crippen LogP contribution in [-0.4, -0.2) is 5.11 Å². The van der Waals surface area contributed by atoms with E-state index in [1.54, 1.807) is 0 Å². The second-order valence-electron chi connectivity index (χ2n) is 2.50. The Morgan fingerprint density at radius 2 is 1.92 bits per heavy atom. The number of hydrogen-bond donors (Lipinski definition) is 2. The lowest BCUT2D eigenvalue weighted by Gasteiger charge is -2.11. The number of benzene rings is 1. The molecule has 0 amide bonds. The van der Waals surface area contributed by atoms with Gasteiger partial charge in [0.05, 0.1) is 5.56 Å². The highest BCUT2D eigenvalue weighted by Gasteiger charge is 2.33. The first-order valence-electron chi connectivity index (χ1n) is 3.45. The van der Waals surface area contributed by atoms with Gasteiger partial charge in [-0.3, -0.25) is 0 Å². The maximum absolute atomic E-state index is 12.3. The highest BCUT2D eigenvalue weighted by Crippen LogP contribution is 2.34. The van der Waals surface area contributed by atoms with Crippen LogP contribution in [0.3, 0.4) is 0 Å². The molecule has 0 aromatic heterocycles. The van der Waals surface area contributed by atoms with Crippen LogP contribution in [0, 0.1) is 0 Å². The van der Waals surface area contributed by atoms with Crippen LogP contribution in [-0.2, 0) is 11.9 Å². The van der Waals surface area contributed by atoms with Gasteiger partial charge in [0.2, 0.25) is 0 Å². The van der Waals surface area contributed by atoms with Crippen molar-refractivity contribution in [3.05, 3.63) is 29.3 Å². The highest BCUT2D eigenvalue weighted by atomic mass is 32.1. The molecule has 5 heteroatoms. The third-order valence-electron chi connectivity index (χ3n) is 1.57. The van der Waals surface area contributed by atoms with E-state index in [1.165, 1.54) is 12.1 Å². The molecule has 0 heterocycles. The Labute approximate surface area is 78.6 Å². The van der Waals surface area contributed by atoms with Crippen molar-refractivity contribution >= 4 is 12.6 Å². The summed E-state index contributed by atoms with van der Waals surface area (Å²) in [6.07, 6.45) is -4.43. The van der Waals surface area contributed by atoms with Crippen molar-refractivity contribution in [2.24, 2.45) is 0 Å². The Bertz CT molecular complexity index is 309. The topological polar surface area (TPSA) is 20.2 Å².